The highest BCUT2D eigenvalue weighted by molar-refractivity contribution is 7.15. The first-order valence-corrected chi connectivity index (χ1v) is 9.58. The fraction of sp³-hybridized carbons (Fsp3) is 0.278. The Kier molecular flexibility index (Phi) is 6.49. The van der Waals surface area contributed by atoms with Gasteiger partial charge >= 0.3 is 0 Å². The molecule has 3 heterocycles. The van der Waals surface area contributed by atoms with Crippen LogP contribution in [0.1, 0.15) is 34.1 Å². The summed E-state index contributed by atoms with van der Waals surface area (Å²) in [4.78, 5) is 22.2. The van der Waals surface area contributed by atoms with Crippen LogP contribution >= 0.6 is 35.3 Å². The van der Waals surface area contributed by atoms with Gasteiger partial charge in [0.25, 0.3) is 5.91 Å². The Balaban J connectivity index is 0.00000210. The molecule has 0 spiro atoms. The molecular weight excluding hydrogens is 407 g/mol. The standard InChI is InChI=1S/C18H17ClN4O2S.ClH/c19-13-4-2-1-3-12(13)16-15(22-10-25-16)17(24)23-18-21-9-14(26-18)11-5-7-20-8-6-11;/h1-4,9-11,20H,5-8H2,(H,21,23,24);1H. The fourth-order valence-corrected chi connectivity index (χ4v) is 4.24. The molecule has 1 aromatic carbocycles. The second kappa shape index (κ2) is 8.84. The Hall–Kier alpha value is -1.93. The summed E-state index contributed by atoms with van der Waals surface area (Å²) in [7, 11) is 0. The van der Waals surface area contributed by atoms with Gasteiger partial charge in [-0.25, -0.2) is 9.97 Å². The number of rotatable bonds is 4. The monoisotopic (exact) mass is 424 g/mol. The van der Waals surface area contributed by atoms with Gasteiger partial charge < -0.3 is 9.73 Å². The number of benzene rings is 1. The molecule has 0 aliphatic carbocycles. The van der Waals surface area contributed by atoms with E-state index in [-0.39, 0.29) is 24.0 Å². The second-order valence-corrected chi connectivity index (χ2v) is 7.53. The van der Waals surface area contributed by atoms with E-state index < -0.39 is 0 Å². The van der Waals surface area contributed by atoms with Crippen molar-refractivity contribution in [1.82, 2.24) is 15.3 Å². The lowest BCUT2D eigenvalue weighted by molar-refractivity contribution is 0.102. The van der Waals surface area contributed by atoms with E-state index >= 15 is 0 Å². The Bertz CT molecular complexity index is 921. The smallest absolute Gasteiger partial charge is 0.280 e. The molecule has 2 aromatic heterocycles. The van der Waals surface area contributed by atoms with Crippen LogP contribution in [0.2, 0.25) is 5.02 Å². The van der Waals surface area contributed by atoms with Gasteiger partial charge in [0.1, 0.15) is 0 Å². The highest BCUT2D eigenvalue weighted by atomic mass is 35.5. The highest BCUT2D eigenvalue weighted by Crippen LogP contribution is 2.33. The maximum Gasteiger partial charge on any atom is 0.280 e. The predicted octanol–water partition coefficient (Wildman–Crippen LogP) is 4.59. The topological polar surface area (TPSA) is 80.0 Å². The zero-order valence-corrected chi connectivity index (χ0v) is 16.7. The van der Waals surface area contributed by atoms with Crippen LogP contribution in [0, 0.1) is 0 Å². The molecule has 9 heteroatoms. The van der Waals surface area contributed by atoms with Gasteiger partial charge in [0.05, 0.1) is 5.02 Å². The second-order valence-electron chi connectivity index (χ2n) is 6.06. The van der Waals surface area contributed by atoms with Crippen molar-refractivity contribution in [2.75, 3.05) is 18.4 Å². The van der Waals surface area contributed by atoms with Gasteiger partial charge in [0.2, 0.25) is 0 Å². The van der Waals surface area contributed by atoms with Crippen molar-refractivity contribution in [3.63, 3.8) is 0 Å². The van der Waals surface area contributed by atoms with Crippen molar-refractivity contribution in [2.24, 2.45) is 0 Å². The van der Waals surface area contributed by atoms with Crippen molar-refractivity contribution >= 4 is 46.4 Å². The van der Waals surface area contributed by atoms with Gasteiger partial charge in [-0.2, -0.15) is 0 Å². The number of nitrogens with zero attached hydrogens (tertiary/aromatic N) is 2. The van der Waals surface area contributed by atoms with Crippen molar-refractivity contribution < 1.29 is 9.21 Å². The molecule has 6 nitrogen and oxygen atoms in total. The van der Waals surface area contributed by atoms with Gasteiger partial charge in [0, 0.05) is 16.6 Å². The van der Waals surface area contributed by atoms with Gasteiger partial charge in [-0.3, -0.25) is 10.1 Å². The normalized spacial score (nSPS) is 14.6. The Morgan fingerprint density at radius 3 is 2.81 bits per heavy atom. The molecule has 27 heavy (non-hydrogen) atoms. The van der Waals surface area contributed by atoms with Gasteiger partial charge in [-0.05, 0) is 44.0 Å². The molecule has 1 saturated heterocycles. The molecular formula is C18H18Cl2N4O2S. The largest absolute Gasteiger partial charge is 0.443 e. The number of thiazole rings is 1. The number of amides is 1. The van der Waals surface area contributed by atoms with Crippen molar-refractivity contribution in [1.29, 1.82) is 0 Å². The van der Waals surface area contributed by atoms with E-state index in [1.807, 2.05) is 18.3 Å². The molecule has 2 N–H and O–H groups in total. The van der Waals surface area contributed by atoms with E-state index in [4.69, 9.17) is 16.0 Å². The van der Waals surface area contributed by atoms with Crippen LogP contribution in [-0.2, 0) is 0 Å². The molecule has 0 unspecified atom stereocenters. The van der Waals surface area contributed by atoms with Crippen LogP contribution in [0.4, 0.5) is 5.13 Å². The number of oxazole rings is 1. The minimum atomic E-state index is -0.361. The van der Waals surface area contributed by atoms with Gasteiger partial charge in [0.15, 0.2) is 23.0 Å². The van der Waals surface area contributed by atoms with Crippen LogP contribution in [0.3, 0.4) is 0 Å². The van der Waals surface area contributed by atoms with Crippen molar-refractivity contribution in [3.8, 4) is 11.3 Å². The van der Waals surface area contributed by atoms with E-state index in [9.17, 15) is 4.79 Å². The molecule has 1 aliphatic heterocycles. The molecule has 0 atom stereocenters. The first-order valence-electron chi connectivity index (χ1n) is 8.38. The summed E-state index contributed by atoms with van der Waals surface area (Å²) in [6.07, 6.45) is 5.29. The molecule has 0 bridgehead atoms. The molecule has 0 radical (unpaired) electrons. The number of aromatic nitrogens is 2. The molecule has 4 rings (SSSR count). The van der Waals surface area contributed by atoms with E-state index in [0.29, 0.717) is 27.4 Å². The SMILES string of the molecule is Cl.O=C(Nc1ncc(C2CCNCC2)s1)c1ncoc1-c1ccccc1Cl. The summed E-state index contributed by atoms with van der Waals surface area (Å²) in [5, 5.41) is 7.24. The zero-order valence-electron chi connectivity index (χ0n) is 14.3. The predicted molar refractivity (Wildman–Crippen MR) is 109 cm³/mol. The van der Waals surface area contributed by atoms with Crippen LogP contribution in [0.15, 0.2) is 41.3 Å². The highest BCUT2D eigenvalue weighted by Gasteiger charge is 2.22. The van der Waals surface area contributed by atoms with Crippen molar-refractivity contribution in [2.45, 2.75) is 18.8 Å². The van der Waals surface area contributed by atoms with Crippen molar-refractivity contribution in [3.05, 3.63) is 52.4 Å². The molecule has 0 saturated carbocycles. The Labute approximate surface area is 171 Å². The van der Waals surface area contributed by atoms with Crippen LogP contribution < -0.4 is 10.6 Å². The summed E-state index contributed by atoms with van der Waals surface area (Å²) in [6.45, 7) is 2.04. The minimum Gasteiger partial charge on any atom is -0.443 e. The number of hydrogen-bond acceptors (Lipinski definition) is 6. The van der Waals surface area contributed by atoms with Crippen LogP contribution in [0.5, 0.6) is 0 Å². The summed E-state index contributed by atoms with van der Waals surface area (Å²) in [6, 6.07) is 7.18. The fourth-order valence-electron chi connectivity index (χ4n) is 3.04. The third kappa shape index (κ3) is 4.32. The third-order valence-electron chi connectivity index (χ3n) is 4.39. The first-order chi connectivity index (χ1) is 12.7. The van der Waals surface area contributed by atoms with E-state index in [1.54, 1.807) is 12.1 Å². The lowest BCUT2D eigenvalue weighted by atomic mass is 9.97. The summed E-state index contributed by atoms with van der Waals surface area (Å²) < 4.78 is 5.41. The van der Waals surface area contributed by atoms with Crippen LogP contribution in [0.25, 0.3) is 11.3 Å². The number of nitrogens with one attached hydrogen (secondary N) is 2. The summed E-state index contributed by atoms with van der Waals surface area (Å²) in [5.74, 6) is 0.494. The molecule has 1 amide bonds. The lowest BCUT2D eigenvalue weighted by Crippen LogP contribution is -2.26. The van der Waals surface area contributed by atoms with Gasteiger partial charge in [-0.15, -0.1) is 23.7 Å². The maximum absolute atomic E-state index is 12.6. The minimum absolute atomic E-state index is 0. The Morgan fingerprint density at radius 2 is 2.04 bits per heavy atom. The number of piperidine rings is 1. The molecule has 3 aromatic rings. The summed E-state index contributed by atoms with van der Waals surface area (Å²) in [5.41, 5.74) is 0.822. The average Bonchev–Trinajstić information content (AvgIpc) is 3.32. The third-order valence-corrected chi connectivity index (χ3v) is 5.79. The van der Waals surface area contributed by atoms with E-state index in [0.717, 1.165) is 25.9 Å². The first kappa shape index (κ1) is 19.8. The molecule has 1 fully saturated rings. The summed E-state index contributed by atoms with van der Waals surface area (Å²) >= 11 is 7.72. The quantitative estimate of drug-likeness (QED) is 0.639. The Morgan fingerprint density at radius 1 is 1.26 bits per heavy atom. The van der Waals surface area contributed by atoms with Gasteiger partial charge in [-0.1, -0.05) is 23.7 Å². The molecule has 142 valence electrons. The lowest BCUT2D eigenvalue weighted by Gasteiger charge is -2.20. The van der Waals surface area contributed by atoms with E-state index in [2.05, 4.69) is 20.6 Å². The molecule has 1 aliphatic rings. The number of anilines is 1. The van der Waals surface area contributed by atoms with E-state index in [1.165, 1.54) is 22.6 Å². The van der Waals surface area contributed by atoms with Crippen LogP contribution in [-0.4, -0.2) is 29.0 Å². The number of hydrogen-bond donors (Lipinski definition) is 2. The number of carbonyl (C=O) groups is 1. The zero-order chi connectivity index (χ0) is 17.9. The number of carbonyl (C=O) groups excluding carboxylic acids is 1. The average molecular weight is 425 g/mol. The number of halogens is 2. The maximum atomic E-state index is 12.6.